The Morgan fingerprint density at radius 2 is 1.81 bits per heavy atom. The average Bonchev–Trinajstić information content (AvgIpc) is 3.28. The zero-order valence-corrected chi connectivity index (χ0v) is 18.4. The van der Waals surface area contributed by atoms with E-state index in [4.69, 9.17) is 4.74 Å². The Labute approximate surface area is 173 Å². The summed E-state index contributed by atoms with van der Waals surface area (Å²) in [5.74, 6) is 0. The summed E-state index contributed by atoms with van der Waals surface area (Å²) in [5.41, 5.74) is 2.07. The number of amides is 1. The number of fused-ring (bicyclic) bond motifs is 2. The highest BCUT2D eigenvalue weighted by Crippen LogP contribution is 2.40. The second-order valence-electron chi connectivity index (χ2n) is 7.69. The van der Waals surface area contributed by atoms with Gasteiger partial charge in [0, 0.05) is 31.1 Å². The van der Waals surface area contributed by atoms with Crippen molar-refractivity contribution in [2.75, 3.05) is 19.0 Å². The van der Waals surface area contributed by atoms with Gasteiger partial charge in [0.25, 0.3) is 0 Å². The lowest BCUT2D eigenvalue weighted by atomic mass is 9.98. The Morgan fingerprint density at radius 3 is 2.38 bits per heavy atom. The first kappa shape index (κ1) is 19.9. The van der Waals surface area contributed by atoms with Gasteiger partial charge < -0.3 is 26.2 Å². The van der Waals surface area contributed by atoms with Crippen molar-refractivity contribution < 1.29 is 31.0 Å². The fourth-order valence-electron chi connectivity index (χ4n) is 4.37. The molecule has 2 aromatic rings. The summed E-state index contributed by atoms with van der Waals surface area (Å²) < 4.78 is 7.08. The highest BCUT2D eigenvalue weighted by molar-refractivity contribution is 7.08. The molecule has 3 atom stereocenters. The van der Waals surface area contributed by atoms with Crippen LogP contribution in [-0.2, 0) is 11.3 Å². The molecule has 1 amide bonds. The lowest BCUT2D eigenvalue weighted by Gasteiger charge is -2.44. The molecule has 26 heavy (non-hydrogen) atoms. The number of hydrogen-bond acceptors (Lipinski definition) is 4. The third-order valence-electron chi connectivity index (χ3n) is 6.01. The monoisotopic (exact) mass is 456 g/mol. The molecule has 4 heterocycles. The van der Waals surface area contributed by atoms with Crippen LogP contribution in [0.15, 0.2) is 33.7 Å². The fraction of sp³-hybridized carbons (Fsp3) is 0.526. The minimum Gasteiger partial charge on any atom is -1.00 e. The lowest BCUT2D eigenvalue weighted by molar-refractivity contribution is -0.931. The standard InChI is InChI=1S/C19H25N2O2S2.BrH/c1-21(2)16-3-4-17(21)10-18(9-16)23-19(22)20(15-6-8-25-13-15)11-14-5-7-24-12-14;/h5-8,12-13,16-18H,3-4,9-11H2,1-2H3;1H/q+1;/p-1/t16-,17+,18?;. The van der Waals surface area contributed by atoms with E-state index in [1.165, 1.54) is 12.8 Å². The second kappa shape index (κ2) is 8.00. The second-order valence-corrected chi connectivity index (χ2v) is 9.25. The zero-order valence-electron chi connectivity index (χ0n) is 15.1. The highest BCUT2D eigenvalue weighted by Gasteiger charge is 2.50. The number of halogens is 1. The van der Waals surface area contributed by atoms with Crippen LogP contribution in [0.1, 0.15) is 31.2 Å². The SMILES string of the molecule is C[N+]1(C)[C@@H]2CC[C@H]1CC(OC(=O)N(Cc1ccsc1)c1ccsc1)C2.[Br-]. The van der Waals surface area contributed by atoms with E-state index in [9.17, 15) is 4.79 Å². The number of ether oxygens (including phenoxy) is 1. The van der Waals surface area contributed by atoms with E-state index in [-0.39, 0.29) is 29.2 Å². The van der Waals surface area contributed by atoms with Crippen molar-refractivity contribution in [2.45, 2.75) is 50.4 Å². The number of quaternary nitrogens is 1. The summed E-state index contributed by atoms with van der Waals surface area (Å²) in [6.45, 7) is 0.570. The van der Waals surface area contributed by atoms with Gasteiger partial charge in [-0.25, -0.2) is 4.79 Å². The molecular formula is C19H25BrN2O2S2. The zero-order chi connectivity index (χ0) is 17.4. The van der Waals surface area contributed by atoms with Crippen molar-refractivity contribution in [2.24, 2.45) is 0 Å². The number of nitrogens with zero attached hydrogens (tertiary/aromatic N) is 2. The van der Waals surface area contributed by atoms with Gasteiger partial charge >= 0.3 is 6.09 Å². The molecule has 0 radical (unpaired) electrons. The van der Waals surface area contributed by atoms with Crippen LogP contribution in [0, 0.1) is 0 Å². The first-order valence-electron chi connectivity index (χ1n) is 8.89. The first-order valence-corrected chi connectivity index (χ1v) is 10.8. The fourth-order valence-corrected chi connectivity index (χ4v) is 5.67. The molecule has 0 aliphatic carbocycles. The van der Waals surface area contributed by atoms with Crippen molar-refractivity contribution in [3.05, 3.63) is 39.2 Å². The van der Waals surface area contributed by atoms with E-state index in [1.54, 1.807) is 27.6 Å². The van der Waals surface area contributed by atoms with Crippen molar-refractivity contribution in [3.8, 4) is 0 Å². The summed E-state index contributed by atoms with van der Waals surface area (Å²) in [6, 6.07) is 5.31. The van der Waals surface area contributed by atoms with Gasteiger partial charge in [-0.05, 0) is 33.8 Å². The molecular weight excluding hydrogens is 432 g/mol. The smallest absolute Gasteiger partial charge is 0.414 e. The summed E-state index contributed by atoms with van der Waals surface area (Å²) in [6.07, 6.45) is 4.35. The number of carbonyl (C=O) groups is 1. The van der Waals surface area contributed by atoms with Gasteiger partial charge in [0.05, 0.1) is 38.4 Å². The Kier molecular flexibility index (Phi) is 6.11. The molecule has 142 valence electrons. The largest absolute Gasteiger partial charge is 1.00 e. The predicted molar refractivity (Wildman–Crippen MR) is 103 cm³/mol. The third-order valence-corrected chi connectivity index (χ3v) is 7.41. The quantitative estimate of drug-likeness (QED) is 0.655. The van der Waals surface area contributed by atoms with E-state index >= 15 is 0 Å². The van der Waals surface area contributed by atoms with E-state index in [0.29, 0.717) is 18.6 Å². The van der Waals surface area contributed by atoms with Gasteiger partial charge in [0.2, 0.25) is 0 Å². The molecule has 4 nitrogen and oxygen atoms in total. The molecule has 7 heteroatoms. The van der Waals surface area contributed by atoms with Crippen LogP contribution in [0.4, 0.5) is 10.5 Å². The molecule has 0 aromatic carbocycles. The maximum atomic E-state index is 12.9. The number of hydrogen-bond donors (Lipinski definition) is 0. The Balaban J connectivity index is 0.00000196. The van der Waals surface area contributed by atoms with Crippen LogP contribution in [0.25, 0.3) is 0 Å². The lowest BCUT2D eigenvalue weighted by Crippen LogP contribution is -3.00. The van der Waals surface area contributed by atoms with Gasteiger partial charge in [-0.3, -0.25) is 4.90 Å². The van der Waals surface area contributed by atoms with Gasteiger partial charge in [-0.1, -0.05) is 0 Å². The molecule has 1 unspecified atom stereocenters. The van der Waals surface area contributed by atoms with E-state index < -0.39 is 0 Å². The molecule has 2 aliphatic rings. The van der Waals surface area contributed by atoms with Crippen LogP contribution in [0.3, 0.4) is 0 Å². The number of carbonyl (C=O) groups excluding carboxylic acids is 1. The minimum atomic E-state index is -0.207. The predicted octanol–water partition coefficient (Wildman–Crippen LogP) is 1.73. The molecule has 4 rings (SSSR count). The van der Waals surface area contributed by atoms with Crippen LogP contribution in [0.5, 0.6) is 0 Å². The summed E-state index contributed by atoms with van der Waals surface area (Å²) >= 11 is 3.26. The molecule has 2 fully saturated rings. The number of anilines is 1. The van der Waals surface area contributed by atoms with Crippen LogP contribution in [0.2, 0.25) is 0 Å². The Bertz CT molecular complexity index is 702. The summed E-state index contributed by atoms with van der Waals surface area (Å²) in [7, 11) is 4.66. The number of rotatable bonds is 4. The topological polar surface area (TPSA) is 29.5 Å². The third kappa shape index (κ3) is 3.86. The molecule has 0 N–H and O–H groups in total. The maximum Gasteiger partial charge on any atom is 0.414 e. The van der Waals surface area contributed by atoms with E-state index in [1.807, 2.05) is 22.2 Å². The maximum absolute atomic E-state index is 12.9. The van der Waals surface area contributed by atoms with Crippen LogP contribution >= 0.6 is 22.7 Å². The van der Waals surface area contributed by atoms with Crippen LogP contribution < -0.4 is 21.9 Å². The molecule has 0 spiro atoms. The molecule has 2 aromatic heterocycles. The first-order chi connectivity index (χ1) is 12.0. The van der Waals surface area contributed by atoms with Crippen molar-refractivity contribution in [3.63, 3.8) is 0 Å². The van der Waals surface area contributed by atoms with E-state index in [2.05, 4.69) is 25.5 Å². The minimum absolute atomic E-state index is 0. The average molecular weight is 457 g/mol. The summed E-state index contributed by atoms with van der Waals surface area (Å²) in [5, 5.41) is 8.15. The molecule has 2 aliphatic heterocycles. The van der Waals surface area contributed by atoms with Crippen LogP contribution in [-0.4, -0.2) is 42.9 Å². The van der Waals surface area contributed by atoms with Gasteiger partial charge in [-0.2, -0.15) is 22.7 Å². The van der Waals surface area contributed by atoms with Crippen molar-refractivity contribution in [1.82, 2.24) is 0 Å². The number of piperidine rings is 1. The van der Waals surface area contributed by atoms with Gasteiger partial charge in [0.15, 0.2) is 0 Å². The molecule has 2 bridgehead atoms. The highest BCUT2D eigenvalue weighted by atomic mass is 79.9. The normalized spacial score (nSPS) is 26.2. The van der Waals surface area contributed by atoms with E-state index in [0.717, 1.165) is 28.6 Å². The van der Waals surface area contributed by atoms with Crippen molar-refractivity contribution in [1.29, 1.82) is 0 Å². The molecule has 2 saturated heterocycles. The van der Waals surface area contributed by atoms with Crippen molar-refractivity contribution >= 4 is 34.5 Å². The van der Waals surface area contributed by atoms with Gasteiger partial charge in [0.1, 0.15) is 6.10 Å². The number of thiophene rings is 2. The Morgan fingerprint density at radius 1 is 1.15 bits per heavy atom. The van der Waals surface area contributed by atoms with Gasteiger partial charge in [-0.15, -0.1) is 0 Å². The Hall–Kier alpha value is -0.890. The summed E-state index contributed by atoms with van der Waals surface area (Å²) in [4.78, 5) is 14.7. The molecule has 0 saturated carbocycles.